The molecular weight excluding hydrogens is 482 g/mol. The Morgan fingerprint density at radius 2 is 1.55 bits per heavy atom. The number of fused-ring (bicyclic) bond motifs is 1. The van der Waals surface area contributed by atoms with Crippen molar-refractivity contribution in [3.05, 3.63) is 36.0 Å². The molecule has 1 saturated carbocycles. The summed E-state index contributed by atoms with van der Waals surface area (Å²) in [7, 11) is 0. The number of benzene rings is 1. The number of H-pyrrole nitrogens is 1. The Morgan fingerprint density at radius 1 is 0.947 bits per heavy atom. The van der Waals surface area contributed by atoms with Gasteiger partial charge in [-0.05, 0) is 37.3 Å². The Bertz CT molecular complexity index is 1090. The molecule has 0 saturated heterocycles. The lowest BCUT2D eigenvalue weighted by molar-refractivity contribution is -0.182. The number of hydrogen-bond acceptors (Lipinski definition) is 5. The minimum Gasteiger partial charge on any atom is -0.479 e. The van der Waals surface area contributed by atoms with E-state index in [1.165, 1.54) is 0 Å². The normalized spacial score (nSPS) is 16.6. The standard InChI is InChI=1S/C29H45N5O4/c1-3-5-8-16-25(35)33(30)28(18-12-7-13-19-28)29(27(37)38,34(31)26(36)17-9-6-4-2)20-22-21-32-24-15-11-10-14-23(22)24/h10-11,14-15,21,32H,3-9,12-13,16-20,30-31H2,1-2H3,(H,37,38)/t29-/m0/s1. The number of unbranched alkanes of at least 4 members (excludes halogenated alkanes) is 4. The molecule has 3 rings (SSSR count). The molecule has 1 heterocycles. The van der Waals surface area contributed by atoms with Crippen molar-refractivity contribution in [3.63, 3.8) is 0 Å². The highest BCUT2D eigenvalue weighted by Crippen LogP contribution is 2.46. The highest BCUT2D eigenvalue weighted by atomic mass is 16.4. The maximum atomic E-state index is 13.6. The summed E-state index contributed by atoms with van der Waals surface area (Å²) in [4.78, 5) is 43.8. The summed E-state index contributed by atoms with van der Waals surface area (Å²) < 4.78 is 0. The van der Waals surface area contributed by atoms with E-state index in [1.54, 1.807) is 6.20 Å². The topological polar surface area (TPSA) is 146 Å². The van der Waals surface area contributed by atoms with Gasteiger partial charge in [-0.15, -0.1) is 0 Å². The molecule has 1 aliphatic carbocycles. The van der Waals surface area contributed by atoms with Crippen molar-refractivity contribution in [2.24, 2.45) is 11.7 Å². The van der Waals surface area contributed by atoms with E-state index in [-0.39, 0.29) is 25.2 Å². The fourth-order valence-corrected chi connectivity index (χ4v) is 6.14. The van der Waals surface area contributed by atoms with Gasteiger partial charge in [0, 0.05) is 36.4 Å². The highest BCUT2D eigenvalue weighted by molar-refractivity contribution is 5.91. The fraction of sp³-hybridized carbons (Fsp3) is 0.621. The minimum atomic E-state index is -1.95. The molecule has 1 aromatic heterocycles. The van der Waals surface area contributed by atoms with Crippen LogP contribution in [-0.2, 0) is 20.8 Å². The molecule has 38 heavy (non-hydrogen) atoms. The van der Waals surface area contributed by atoms with Crippen molar-refractivity contribution in [2.75, 3.05) is 0 Å². The molecule has 1 fully saturated rings. The van der Waals surface area contributed by atoms with Crippen LogP contribution in [-0.4, -0.2) is 49.0 Å². The zero-order valence-electron chi connectivity index (χ0n) is 23.0. The monoisotopic (exact) mass is 527 g/mol. The summed E-state index contributed by atoms with van der Waals surface area (Å²) in [6.07, 6.45) is 9.93. The number of carboxylic acids is 1. The zero-order chi connectivity index (χ0) is 27.8. The van der Waals surface area contributed by atoms with Crippen LogP contribution < -0.4 is 11.7 Å². The van der Waals surface area contributed by atoms with Crippen molar-refractivity contribution in [1.29, 1.82) is 0 Å². The molecule has 1 aliphatic rings. The molecule has 6 N–H and O–H groups in total. The number of aromatic nitrogens is 1. The molecule has 9 heteroatoms. The number of carbonyl (C=O) groups excluding carboxylic acids is 2. The van der Waals surface area contributed by atoms with Crippen LogP contribution in [0.1, 0.15) is 103 Å². The Kier molecular flexibility index (Phi) is 10.3. The Labute approximate surface area is 225 Å². The van der Waals surface area contributed by atoms with Gasteiger partial charge < -0.3 is 10.1 Å². The average molecular weight is 528 g/mol. The van der Waals surface area contributed by atoms with Gasteiger partial charge in [0.05, 0.1) is 5.54 Å². The predicted octanol–water partition coefficient (Wildman–Crippen LogP) is 4.80. The first-order valence-corrected chi connectivity index (χ1v) is 14.2. The van der Waals surface area contributed by atoms with Crippen LogP contribution in [0.15, 0.2) is 30.5 Å². The number of aromatic amines is 1. The Morgan fingerprint density at radius 3 is 2.16 bits per heavy atom. The average Bonchev–Trinajstić information content (AvgIpc) is 3.33. The predicted molar refractivity (Wildman–Crippen MR) is 149 cm³/mol. The number of hydrazine groups is 2. The molecule has 210 valence electrons. The van der Waals surface area contributed by atoms with Crippen LogP contribution in [0.3, 0.4) is 0 Å². The molecule has 0 radical (unpaired) electrons. The molecule has 0 aliphatic heterocycles. The number of nitrogens with one attached hydrogen (secondary N) is 1. The van der Waals surface area contributed by atoms with Crippen LogP contribution in [0.2, 0.25) is 0 Å². The first kappa shape index (κ1) is 29.6. The second-order valence-corrected chi connectivity index (χ2v) is 10.7. The van der Waals surface area contributed by atoms with Crippen molar-refractivity contribution >= 4 is 28.7 Å². The first-order valence-electron chi connectivity index (χ1n) is 14.2. The van der Waals surface area contributed by atoms with E-state index in [0.717, 1.165) is 58.6 Å². The third-order valence-corrected chi connectivity index (χ3v) is 8.32. The third-order valence-electron chi connectivity index (χ3n) is 8.32. The van der Waals surface area contributed by atoms with Crippen LogP contribution >= 0.6 is 0 Å². The van der Waals surface area contributed by atoms with Gasteiger partial charge >= 0.3 is 5.97 Å². The van der Waals surface area contributed by atoms with Crippen molar-refractivity contribution in [2.45, 2.75) is 115 Å². The van der Waals surface area contributed by atoms with Crippen molar-refractivity contribution in [1.82, 2.24) is 15.0 Å². The third kappa shape index (κ3) is 5.73. The number of nitrogens with zero attached hydrogens (tertiary/aromatic N) is 2. The molecule has 0 bridgehead atoms. The molecule has 2 amide bonds. The Hall–Kier alpha value is -2.91. The molecule has 1 atom stereocenters. The van der Waals surface area contributed by atoms with Crippen LogP contribution in [0.4, 0.5) is 0 Å². The SMILES string of the molecule is CCCCCC(=O)N(N)C1([C@](Cc2c[nH]c3ccccc23)(C(=O)O)N(N)C(=O)CCCCC)CCCCC1. The van der Waals surface area contributed by atoms with Gasteiger partial charge in [0.15, 0.2) is 5.54 Å². The second kappa shape index (κ2) is 13.2. The fourth-order valence-electron chi connectivity index (χ4n) is 6.14. The van der Waals surface area contributed by atoms with Crippen molar-refractivity contribution < 1.29 is 19.5 Å². The molecule has 0 unspecified atom stereocenters. The summed E-state index contributed by atoms with van der Waals surface area (Å²) >= 11 is 0. The number of para-hydroxylation sites is 1. The van der Waals surface area contributed by atoms with Gasteiger partial charge in [0.2, 0.25) is 11.8 Å². The van der Waals surface area contributed by atoms with Gasteiger partial charge in [-0.3, -0.25) is 19.6 Å². The lowest BCUT2D eigenvalue weighted by atomic mass is 9.64. The molecule has 9 nitrogen and oxygen atoms in total. The van der Waals surface area contributed by atoms with Crippen LogP contribution in [0.5, 0.6) is 0 Å². The smallest absolute Gasteiger partial charge is 0.334 e. The van der Waals surface area contributed by atoms with E-state index in [9.17, 15) is 19.5 Å². The van der Waals surface area contributed by atoms with E-state index < -0.39 is 23.0 Å². The maximum Gasteiger partial charge on any atom is 0.334 e. The zero-order valence-corrected chi connectivity index (χ0v) is 23.0. The number of aliphatic carboxylic acids is 1. The van der Waals surface area contributed by atoms with Gasteiger partial charge in [0.25, 0.3) is 0 Å². The summed E-state index contributed by atoms with van der Waals surface area (Å²) in [5, 5.41) is 14.0. The maximum absolute atomic E-state index is 13.6. The Balaban J connectivity index is 2.17. The number of amides is 2. The van der Waals surface area contributed by atoms with Gasteiger partial charge in [-0.1, -0.05) is 77.0 Å². The molecular formula is C29H45N5O4. The van der Waals surface area contributed by atoms with Crippen LogP contribution in [0, 0.1) is 0 Å². The summed E-state index contributed by atoms with van der Waals surface area (Å²) in [5.74, 6) is 11.3. The minimum absolute atomic E-state index is 0.0711. The lowest BCUT2D eigenvalue weighted by Crippen LogP contribution is -2.79. The summed E-state index contributed by atoms with van der Waals surface area (Å²) in [6, 6.07) is 7.63. The van der Waals surface area contributed by atoms with Gasteiger partial charge in [0.1, 0.15) is 0 Å². The quantitative estimate of drug-likeness (QED) is 0.120. The number of carbonyl (C=O) groups is 3. The van der Waals surface area contributed by atoms with E-state index in [0.29, 0.717) is 38.5 Å². The van der Waals surface area contributed by atoms with Gasteiger partial charge in [-0.25, -0.2) is 16.5 Å². The summed E-state index contributed by atoms with van der Waals surface area (Å²) in [5.41, 5.74) is -1.72. The van der Waals surface area contributed by atoms with E-state index in [4.69, 9.17) is 11.7 Å². The number of nitrogens with two attached hydrogens (primary N) is 2. The highest BCUT2D eigenvalue weighted by Gasteiger charge is 2.64. The van der Waals surface area contributed by atoms with E-state index in [2.05, 4.69) is 11.9 Å². The van der Waals surface area contributed by atoms with Crippen molar-refractivity contribution in [3.8, 4) is 0 Å². The molecule has 1 aromatic carbocycles. The largest absolute Gasteiger partial charge is 0.479 e. The van der Waals surface area contributed by atoms with E-state index >= 15 is 0 Å². The molecule has 0 spiro atoms. The van der Waals surface area contributed by atoms with E-state index in [1.807, 2.05) is 31.2 Å². The van der Waals surface area contributed by atoms with Gasteiger partial charge in [-0.2, -0.15) is 0 Å². The number of rotatable bonds is 14. The summed E-state index contributed by atoms with van der Waals surface area (Å²) in [6.45, 7) is 4.09. The number of hydrogen-bond donors (Lipinski definition) is 4. The molecule has 2 aromatic rings. The second-order valence-electron chi connectivity index (χ2n) is 10.7. The lowest BCUT2D eigenvalue weighted by Gasteiger charge is -2.56. The first-order chi connectivity index (χ1) is 18.2. The number of carboxylic acid groups (broad SMARTS) is 1. The van der Waals surface area contributed by atoms with Crippen LogP contribution in [0.25, 0.3) is 10.9 Å².